The van der Waals surface area contributed by atoms with Crippen LogP contribution in [-0.2, 0) is 19.1 Å². The highest BCUT2D eigenvalue weighted by Crippen LogP contribution is 2.58. The van der Waals surface area contributed by atoms with Crippen molar-refractivity contribution in [2.24, 2.45) is 23.2 Å². The smallest absolute Gasteiger partial charge is 0.407 e. The molecule has 5 atom stereocenters. The zero-order chi connectivity index (χ0) is 39.4. The van der Waals surface area contributed by atoms with Crippen molar-refractivity contribution in [3.8, 4) is 23.1 Å². The molecule has 0 radical (unpaired) electrons. The molecule has 8 rings (SSSR count). The zero-order valence-corrected chi connectivity index (χ0v) is 33.3. The highest BCUT2D eigenvalue weighted by atomic mass is 16.5. The molecule has 2 spiro atoms. The van der Waals surface area contributed by atoms with Gasteiger partial charge in [-0.05, 0) is 79.7 Å². The maximum absolute atomic E-state index is 14.0. The lowest BCUT2D eigenvalue weighted by atomic mass is 9.96. The highest BCUT2D eigenvalue weighted by Gasteiger charge is 2.55. The van der Waals surface area contributed by atoms with E-state index in [0.29, 0.717) is 31.3 Å². The maximum Gasteiger partial charge on any atom is 0.407 e. The Morgan fingerprint density at radius 2 is 1.59 bits per heavy atom. The molecule has 12 heteroatoms. The predicted molar refractivity (Wildman–Crippen MR) is 212 cm³/mol. The van der Waals surface area contributed by atoms with Crippen molar-refractivity contribution in [1.82, 2.24) is 35.1 Å². The van der Waals surface area contributed by atoms with E-state index in [9.17, 15) is 14.4 Å². The number of H-pyrrole nitrogens is 2. The zero-order valence-electron chi connectivity index (χ0n) is 33.3. The number of nitrogens with zero attached hydrogens (tertiary/aromatic N) is 4. The predicted octanol–water partition coefficient (Wildman–Crippen LogP) is 6.90. The number of rotatable bonds is 8. The van der Waals surface area contributed by atoms with Gasteiger partial charge in [0.25, 0.3) is 0 Å². The summed E-state index contributed by atoms with van der Waals surface area (Å²) in [6.07, 6.45) is 7.09. The van der Waals surface area contributed by atoms with Crippen LogP contribution in [0, 0.1) is 35.0 Å². The van der Waals surface area contributed by atoms with Crippen LogP contribution >= 0.6 is 0 Å². The molecule has 4 aliphatic rings. The van der Waals surface area contributed by atoms with E-state index in [1.54, 1.807) is 0 Å². The molecule has 4 fully saturated rings. The molecule has 1 saturated carbocycles. The van der Waals surface area contributed by atoms with Crippen molar-refractivity contribution < 1.29 is 23.9 Å². The van der Waals surface area contributed by atoms with Gasteiger partial charge in [-0.2, -0.15) is 0 Å². The minimum Gasteiger partial charge on any atom is -0.453 e. The lowest BCUT2D eigenvalue weighted by molar-refractivity contribution is -0.138. The van der Waals surface area contributed by atoms with Crippen LogP contribution in [0.4, 0.5) is 4.79 Å². The van der Waals surface area contributed by atoms with Crippen LogP contribution in [0.5, 0.6) is 0 Å². The third kappa shape index (κ3) is 7.29. The van der Waals surface area contributed by atoms with Gasteiger partial charge in [-0.25, -0.2) is 14.8 Å². The summed E-state index contributed by atoms with van der Waals surface area (Å²) in [5, 5.41) is 2.74. The van der Waals surface area contributed by atoms with Crippen LogP contribution in [0.1, 0.15) is 108 Å². The van der Waals surface area contributed by atoms with Crippen LogP contribution in [-0.4, -0.2) is 86.1 Å². The molecule has 2 aromatic carbocycles. The van der Waals surface area contributed by atoms with E-state index in [-0.39, 0.29) is 41.1 Å². The van der Waals surface area contributed by atoms with Gasteiger partial charge in [0, 0.05) is 48.4 Å². The van der Waals surface area contributed by atoms with Crippen molar-refractivity contribution in [2.45, 2.75) is 96.9 Å². The van der Waals surface area contributed by atoms with Gasteiger partial charge in [-0.1, -0.05) is 58.6 Å². The van der Waals surface area contributed by atoms with Gasteiger partial charge >= 0.3 is 6.09 Å². The quantitative estimate of drug-likeness (QED) is 0.166. The minimum absolute atomic E-state index is 0.0156. The molecule has 1 aliphatic carbocycles. The van der Waals surface area contributed by atoms with Gasteiger partial charge in [0.15, 0.2) is 0 Å². The number of fused-ring (bicyclic) bond motifs is 1. The van der Waals surface area contributed by atoms with Gasteiger partial charge in [-0.15, -0.1) is 0 Å². The van der Waals surface area contributed by atoms with Crippen molar-refractivity contribution in [1.29, 1.82) is 0 Å². The Hall–Kier alpha value is -5.15. The third-order valence-electron chi connectivity index (χ3n) is 12.7. The SMILES string of the molecule is COC(=O)N[C@H](C(=O)N1C[C@@]2(CCCO2)C[C@H]1c1nc2cc(C#Cc3ccc(-c4c[nH]c([C@@H]5CC6(CC6)CN5C(=O)[C@@H](C)C(C)C)n4)cc3)ccc2[nH]1)C(C)C. The fourth-order valence-corrected chi connectivity index (χ4v) is 8.75. The fourth-order valence-electron chi connectivity index (χ4n) is 8.75. The van der Waals surface area contributed by atoms with E-state index >= 15 is 0 Å². The number of amides is 3. The Balaban J connectivity index is 0.976. The summed E-state index contributed by atoms with van der Waals surface area (Å²) >= 11 is 0. The van der Waals surface area contributed by atoms with Gasteiger partial charge in [0.2, 0.25) is 11.8 Å². The van der Waals surface area contributed by atoms with E-state index < -0.39 is 17.7 Å². The summed E-state index contributed by atoms with van der Waals surface area (Å²) in [7, 11) is 1.30. The Bertz CT molecular complexity index is 2180. The summed E-state index contributed by atoms with van der Waals surface area (Å²) in [6.45, 7) is 12.0. The molecule has 5 heterocycles. The first-order chi connectivity index (χ1) is 26.9. The second-order valence-electron chi connectivity index (χ2n) is 17.2. The normalized spacial score (nSPS) is 23.6. The first kappa shape index (κ1) is 37.8. The number of alkyl carbamates (subject to hydrolysis) is 1. The molecule has 12 nitrogen and oxygen atoms in total. The van der Waals surface area contributed by atoms with Gasteiger partial charge in [0.1, 0.15) is 17.7 Å². The molecule has 4 aromatic rings. The number of likely N-dealkylation sites (tertiary alicyclic amines) is 2. The Morgan fingerprint density at radius 3 is 2.27 bits per heavy atom. The lowest BCUT2D eigenvalue weighted by Crippen LogP contribution is -2.51. The minimum atomic E-state index is -0.744. The van der Waals surface area contributed by atoms with E-state index in [1.165, 1.54) is 20.0 Å². The molecular weight excluding hydrogens is 707 g/mol. The van der Waals surface area contributed by atoms with Crippen LogP contribution in [0.15, 0.2) is 48.7 Å². The summed E-state index contributed by atoms with van der Waals surface area (Å²) < 4.78 is 11.1. The van der Waals surface area contributed by atoms with Crippen molar-refractivity contribution in [2.75, 3.05) is 26.8 Å². The van der Waals surface area contributed by atoms with E-state index in [4.69, 9.17) is 19.4 Å². The molecule has 3 aliphatic heterocycles. The van der Waals surface area contributed by atoms with Gasteiger partial charge < -0.3 is 34.6 Å². The monoisotopic (exact) mass is 759 g/mol. The molecule has 56 heavy (non-hydrogen) atoms. The first-order valence-electron chi connectivity index (χ1n) is 20.1. The number of imidazole rings is 2. The molecular formula is C44H53N7O5. The number of aromatic amines is 2. The molecule has 294 valence electrons. The molecule has 3 saturated heterocycles. The van der Waals surface area contributed by atoms with Crippen molar-refractivity contribution in [3.05, 3.63) is 71.4 Å². The Kier molecular flexibility index (Phi) is 9.94. The number of methoxy groups -OCH3 is 1. The van der Waals surface area contributed by atoms with Crippen LogP contribution in [0.25, 0.3) is 22.3 Å². The lowest BCUT2D eigenvalue weighted by Gasteiger charge is -2.30. The first-order valence-corrected chi connectivity index (χ1v) is 20.1. The van der Waals surface area contributed by atoms with E-state index in [2.05, 4.69) is 45.9 Å². The van der Waals surface area contributed by atoms with Crippen LogP contribution < -0.4 is 5.32 Å². The number of hydrogen-bond acceptors (Lipinski definition) is 7. The number of aromatic nitrogens is 4. The summed E-state index contributed by atoms with van der Waals surface area (Å²) in [4.78, 5) is 60.4. The average molecular weight is 760 g/mol. The number of benzene rings is 2. The highest BCUT2D eigenvalue weighted by molar-refractivity contribution is 5.87. The van der Waals surface area contributed by atoms with E-state index in [1.807, 2.05) is 74.3 Å². The summed E-state index contributed by atoms with van der Waals surface area (Å²) in [6, 6.07) is 12.9. The van der Waals surface area contributed by atoms with E-state index in [0.717, 1.165) is 65.0 Å². The van der Waals surface area contributed by atoms with Crippen molar-refractivity contribution >= 4 is 28.9 Å². The number of carbonyl (C=O) groups excluding carboxylic acids is 3. The Morgan fingerprint density at radius 1 is 0.875 bits per heavy atom. The second-order valence-corrected chi connectivity index (χ2v) is 17.2. The van der Waals surface area contributed by atoms with Gasteiger partial charge in [-0.3, -0.25) is 9.59 Å². The number of nitrogens with one attached hydrogen (secondary N) is 3. The topological polar surface area (TPSA) is 146 Å². The van der Waals surface area contributed by atoms with Crippen LogP contribution in [0.3, 0.4) is 0 Å². The largest absolute Gasteiger partial charge is 0.453 e. The van der Waals surface area contributed by atoms with Crippen LogP contribution in [0.2, 0.25) is 0 Å². The molecule has 3 amide bonds. The number of ether oxygens (including phenoxy) is 2. The van der Waals surface area contributed by atoms with Crippen molar-refractivity contribution in [3.63, 3.8) is 0 Å². The maximum atomic E-state index is 14.0. The third-order valence-corrected chi connectivity index (χ3v) is 12.7. The summed E-state index contributed by atoms with van der Waals surface area (Å²) in [5.41, 5.74) is 5.00. The summed E-state index contributed by atoms with van der Waals surface area (Å²) in [5.74, 6) is 8.33. The number of hydrogen-bond donors (Lipinski definition) is 3. The average Bonchev–Trinajstić information content (AvgIpc) is 3.79. The fraction of sp³-hybridized carbons (Fsp3) is 0.523. The van der Waals surface area contributed by atoms with Gasteiger partial charge in [0.05, 0.1) is 48.1 Å². The molecule has 0 bridgehead atoms. The molecule has 2 aromatic heterocycles. The second kappa shape index (κ2) is 14.7. The number of carbonyl (C=O) groups is 3. The Labute approximate surface area is 328 Å². The molecule has 0 unspecified atom stereocenters. The standard InChI is InChI=1S/C44H53N7O5/c1-26(2)28(5)40(52)50-24-43(17-18-43)21-35(50)38-45-23-34(48-38)31-13-10-29(11-14-31)8-9-30-12-15-32-33(20-30)47-39(46-32)36-22-44(16-7-19-56-44)25-51(36)41(53)37(27(3)4)49-42(54)55-6/h10-15,20,23,26-28,35-37H,7,16-19,21-22,24-25H2,1-6H3,(H,45,48)(H,46,47)(H,49,54)/t28-,35-,36-,37-,44+/m0/s1. The molecule has 3 N–H and O–H groups in total.